The predicted octanol–water partition coefficient (Wildman–Crippen LogP) is 6.51. The number of hydrogen-bond acceptors (Lipinski definition) is 10. The monoisotopic (exact) mass is 673 g/mol. The van der Waals surface area contributed by atoms with Crippen LogP contribution in [0.2, 0.25) is 0 Å². The zero-order valence-corrected chi connectivity index (χ0v) is 28.0. The first-order chi connectivity index (χ1) is 22.8. The van der Waals surface area contributed by atoms with E-state index in [1.54, 1.807) is 36.4 Å². The number of carbonyl (C=O) groups is 1. The number of para-hydroxylation sites is 1. The molecule has 2 aromatic heterocycles. The fourth-order valence-corrected chi connectivity index (χ4v) is 7.75. The van der Waals surface area contributed by atoms with Crippen molar-refractivity contribution >= 4 is 52.1 Å². The minimum atomic E-state index is -0.446. The first kappa shape index (κ1) is 31.4. The number of nitrogens with two attached hydrogens (primary N) is 1. The summed E-state index contributed by atoms with van der Waals surface area (Å²) in [6.45, 7) is 5.47. The molecule has 13 heteroatoms. The smallest absolute Gasteiger partial charge is 0.214 e. The number of aromatic nitrogens is 3. The SMILES string of the molecule is CSNc1cc2[nH]c(C(=O)c3cnn(-c4ccc(Oc5ccccc5F)cc4C)c3N)cc2cc1OCCN1CC2CC(C1)N2SC. The highest BCUT2D eigenvalue weighted by Gasteiger charge is 2.44. The van der Waals surface area contributed by atoms with Gasteiger partial charge >= 0.3 is 0 Å². The van der Waals surface area contributed by atoms with E-state index in [0.29, 0.717) is 35.8 Å². The summed E-state index contributed by atoms with van der Waals surface area (Å²) in [5.41, 5.74) is 10.3. The van der Waals surface area contributed by atoms with Crippen molar-refractivity contribution in [3.8, 4) is 22.9 Å². The highest BCUT2D eigenvalue weighted by atomic mass is 32.2. The molecule has 0 aliphatic carbocycles. The van der Waals surface area contributed by atoms with Crippen LogP contribution in [0.4, 0.5) is 15.9 Å². The van der Waals surface area contributed by atoms with Gasteiger partial charge in [0.1, 0.15) is 23.9 Å². The second-order valence-electron chi connectivity index (χ2n) is 11.8. The molecule has 3 aliphatic rings. The number of hydrogen-bond donors (Lipinski definition) is 3. The summed E-state index contributed by atoms with van der Waals surface area (Å²) in [4.78, 5) is 19.4. The molecule has 5 aromatic rings. The van der Waals surface area contributed by atoms with Gasteiger partial charge in [-0.25, -0.2) is 13.4 Å². The van der Waals surface area contributed by atoms with Gasteiger partial charge in [-0.3, -0.25) is 9.69 Å². The Hall–Kier alpha value is -4.17. The maximum atomic E-state index is 14.1. The van der Waals surface area contributed by atoms with Crippen LogP contribution in [-0.2, 0) is 0 Å². The van der Waals surface area contributed by atoms with Gasteiger partial charge < -0.3 is 24.9 Å². The molecule has 0 amide bonds. The Morgan fingerprint density at radius 1 is 1.11 bits per heavy atom. The highest BCUT2D eigenvalue weighted by molar-refractivity contribution is 7.99. The summed E-state index contributed by atoms with van der Waals surface area (Å²) in [5, 5.41) is 5.29. The number of piperazine rings is 1. The largest absolute Gasteiger partial charge is 0.490 e. The van der Waals surface area contributed by atoms with Crippen molar-refractivity contribution < 1.29 is 18.7 Å². The number of halogens is 1. The Bertz CT molecular complexity index is 1930. The highest BCUT2D eigenvalue weighted by Crippen LogP contribution is 2.37. The lowest BCUT2D eigenvalue weighted by Gasteiger charge is -2.55. The van der Waals surface area contributed by atoms with Gasteiger partial charge in [0.05, 0.1) is 28.8 Å². The molecule has 0 radical (unpaired) electrons. The van der Waals surface area contributed by atoms with Crippen LogP contribution in [0, 0.1) is 12.7 Å². The summed E-state index contributed by atoms with van der Waals surface area (Å²) < 4.78 is 33.4. The van der Waals surface area contributed by atoms with E-state index in [1.165, 1.54) is 35.3 Å². The molecule has 3 fully saturated rings. The van der Waals surface area contributed by atoms with Crippen molar-refractivity contribution in [1.29, 1.82) is 0 Å². The van der Waals surface area contributed by atoms with Crippen molar-refractivity contribution in [2.75, 3.05) is 49.2 Å². The molecule has 4 N–H and O–H groups in total. The minimum absolute atomic E-state index is 0.135. The summed E-state index contributed by atoms with van der Waals surface area (Å²) >= 11 is 3.33. The molecule has 0 spiro atoms. The number of nitrogen functional groups attached to an aromatic ring is 1. The number of rotatable bonds is 12. The third-order valence-corrected chi connectivity index (χ3v) is 10.2. The van der Waals surface area contributed by atoms with Crippen LogP contribution in [0.5, 0.6) is 17.2 Å². The van der Waals surface area contributed by atoms with Crippen LogP contribution >= 0.6 is 23.9 Å². The first-order valence-electron chi connectivity index (χ1n) is 15.4. The summed E-state index contributed by atoms with van der Waals surface area (Å²) in [6.07, 6.45) is 6.88. The Balaban J connectivity index is 1.06. The fourth-order valence-electron chi connectivity index (χ4n) is 6.47. The molecule has 2 unspecified atom stereocenters. The number of ether oxygens (including phenoxy) is 2. The average Bonchev–Trinajstić information content (AvgIpc) is 3.65. The van der Waals surface area contributed by atoms with Crippen LogP contribution in [0.3, 0.4) is 0 Å². The normalized spacial score (nSPS) is 17.9. The molecule has 3 aromatic carbocycles. The second-order valence-corrected chi connectivity index (χ2v) is 13.2. The standard InChI is InChI=1S/C34H36FN7O3S2/c1-20-12-24(45-31-7-5-4-6-26(31)35)8-9-30(20)41-34(36)25(17-37-41)33(43)29-13-21-14-32(28(39-46-2)16-27(21)38-29)44-11-10-40-18-22-15-23(19-40)42(22)47-3/h4-9,12-14,16-17,22-23,38-39H,10-11,15,18-19,36H2,1-3H3. The number of benzene rings is 3. The zero-order valence-electron chi connectivity index (χ0n) is 26.3. The van der Waals surface area contributed by atoms with E-state index in [1.807, 2.05) is 43.3 Å². The molecule has 244 valence electrons. The molecule has 8 rings (SSSR count). The van der Waals surface area contributed by atoms with E-state index in [0.717, 1.165) is 47.5 Å². The van der Waals surface area contributed by atoms with E-state index < -0.39 is 5.82 Å². The molecule has 2 atom stereocenters. The molecule has 3 aliphatic heterocycles. The van der Waals surface area contributed by atoms with Crippen molar-refractivity contribution in [2.24, 2.45) is 0 Å². The number of aryl methyl sites for hydroxylation is 1. The van der Waals surface area contributed by atoms with E-state index in [4.69, 9.17) is 15.2 Å². The third-order valence-electron chi connectivity index (χ3n) is 8.77. The number of nitrogens with zero attached hydrogens (tertiary/aromatic N) is 4. The van der Waals surface area contributed by atoms with E-state index in [9.17, 15) is 9.18 Å². The molecular weight excluding hydrogens is 638 g/mol. The molecule has 2 bridgehead atoms. The van der Waals surface area contributed by atoms with Crippen molar-refractivity contribution in [3.05, 3.63) is 89.5 Å². The average molecular weight is 674 g/mol. The van der Waals surface area contributed by atoms with Gasteiger partial charge in [0.2, 0.25) is 5.78 Å². The zero-order chi connectivity index (χ0) is 32.7. The minimum Gasteiger partial charge on any atom is -0.490 e. The lowest BCUT2D eigenvalue weighted by molar-refractivity contribution is -0.00318. The van der Waals surface area contributed by atoms with Gasteiger partial charge in [0, 0.05) is 48.9 Å². The van der Waals surface area contributed by atoms with E-state index in [-0.39, 0.29) is 22.9 Å². The van der Waals surface area contributed by atoms with Crippen LogP contribution < -0.4 is 19.9 Å². The Kier molecular flexibility index (Phi) is 8.79. The van der Waals surface area contributed by atoms with Gasteiger partial charge in [-0.05, 0) is 73.7 Å². The van der Waals surface area contributed by atoms with Crippen molar-refractivity contribution in [2.45, 2.75) is 25.4 Å². The first-order valence-corrected chi connectivity index (χ1v) is 17.8. The van der Waals surface area contributed by atoms with Crippen molar-refractivity contribution in [1.82, 2.24) is 24.0 Å². The Morgan fingerprint density at radius 2 is 1.91 bits per heavy atom. The maximum Gasteiger partial charge on any atom is 0.214 e. The number of fused-ring (bicyclic) bond motifs is 3. The molecule has 47 heavy (non-hydrogen) atoms. The van der Waals surface area contributed by atoms with Gasteiger partial charge in [-0.2, -0.15) is 5.10 Å². The number of carbonyl (C=O) groups excluding carboxylic acids is 1. The molecule has 10 nitrogen and oxygen atoms in total. The second kappa shape index (κ2) is 13.1. The Labute approximate surface area is 281 Å². The van der Waals surface area contributed by atoms with Crippen LogP contribution in [0.15, 0.2) is 66.9 Å². The number of ketones is 1. The predicted molar refractivity (Wildman–Crippen MR) is 188 cm³/mol. The lowest BCUT2D eigenvalue weighted by Crippen LogP contribution is -2.66. The summed E-state index contributed by atoms with van der Waals surface area (Å²) in [5.74, 6) is 0.842. The fraction of sp³-hybridized carbons (Fsp3) is 0.294. The number of piperidine rings is 1. The van der Waals surface area contributed by atoms with Gasteiger partial charge in [-0.1, -0.05) is 36.0 Å². The van der Waals surface area contributed by atoms with E-state index in [2.05, 4.69) is 30.3 Å². The Morgan fingerprint density at radius 3 is 2.66 bits per heavy atom. The van der Waals surface area contributed by atoms with Gasteiger partial charge in [0.15, 0.2) is 11.6 Å². The van der Waals surface area contributed by atoms with Crippen molar-refractivity contribution in [3.63, 3.8) is 0 Å². The number of H-pyrrole nitrogens is 1. The van der Waals surface area contributed by atoms with E-state index >= 15 is 0 Å². The van der Waals surface area contributed by atoms with Crippen LogP contribution in [-0.4, -0.2) is 80.6 Å². The number of anilines is 2. The summed E-state index contributed by atoms with van der Waals surface area (Å²) in [7, 11) is 0. The quantitative estimate of drug-likeness (QED) is 0.100. The lowest BCUT2D eigenvalue weighted by atomic mass is 9.91. The maximum absolute atomic E-state index is 14.1. The van der Waals surface area contributed by atoms with Crippen LogP contribution in [0.1, 0.15) is 28.0 Å². The molecule has 3 saturated heterocycles. The summed E-state index contributed by atoms with van der Waals surface area (Å²) in [6, 6.07) is 18.5. The molecule has 5 heterocycles. The van der Waals surface area contributed by atoms with Gasteiger partial charge in [-0.15, -0.1) is 0 Å². The topological polar surface area (TPSA) is 114 Å². The van der Waals surface area contributed by atoms with Crippen LogP contribution in [0.25, 0.3) is 16.6 Å². The third kappa shape index (κ3) is 6.16. The molecular formula is C34H36FN7O3S2. The number of aromatic amines is 1. The molecule has 0 saturated carbocycles. The van der Waals surface area contributed by atoms with Gasteiger partial charge in [0.25, 0.3) is 0 Å². The number of nitrogens with one attached hydrogen (secondary N) is 2.